The Morgan fingerprint density at radius 2 is 1.68 bits per heavy atom. The van der Waals surface area contributed by atoms with E-state index in [2.05, 4.69) is 28.1 Å². The van der Waals surface area contributed by atoms with E-state index >= 15 is 0 Å². The van der Waals surface area contributed by atoms with Gasteiger partial charge >= 0.3 is 0 Å². The van der Waals surface area contributed by atoms with Crippen LogP contribution in [0.1, 0.15) is 12.0 Å². The minimum Gasteiger partial charge on any atom is -0.382 e. The van der Waals surface area contributed by atoms with E-state index in [1.54, 1.807) is 7.11 Å². The van der Waals surface area contributed by atoms with Crippen molar-refractivity contribution in [3.63, 3.8) is 0 Å². The Morgan fingerprint density at radius 1 is 1.05 bits per heavy atom. The van der Waals surface area contributed by atoms with Gasteiger partial charge in [-0.3, -0.25) is 0 Å². The normalized spacial score (nSPS) is 11.8. The van der Waals surface area contributed by atoms with E-state index in [1.807, 2.05) is 12.1 Å². The van der Waals surface area contributed by atoms with Crippen molar-refractivity contribution < 1.29 is 9.47 Å². The summed E-state index contributed by atoms with van der Waals surface area (Å²) in [5.74, 6) is 0.956. The Morgan fingerprint density at radius 3 is 2.21 bits per heavy atom. The average Bonchev–Trinajstić information content (AvgIpc) is 2.45. The monoisotopic (exact) mass is 368 g/mol. The Labute approximate surface area is 133 Å². The van der Waals surface area contributed by atoms with Gasteiger partial charge in [0.15, 0.2) is 0 Å². The van der Waals surface area contributed by atoms with E-state index in [0.29, 0.717) is 31.6 Å². The quantitative estimate of drug-likeness (QED) is 0.479. The Bertz CT molecular complexity index is 353. The van der Waals surface area contributed by atoms with Gasteiger partial charge in [0, 0.05) is 35.4 Å². The molecule has 0 amide bonds. The van der Waals surface area contributed by atoms with Crippen LogP contribution >= 0.6 is 39.1 Å². The lowest BCUT2D eigenvalue weighted by Crippen LogP contribution is -2.32. The Kier molecular flexibility index (Phi) is 8.35. The first-order valence-electron chi connectivity index (χ1n) is 6.13. The summed E-state index contributed by atoms with van der Waals surface area (Å²) in [6, 6.07) is 8.14. The van der Waals surface area contributed by atoms with Gasteiger partial charge in [-0.25, -0.2) is 0 Å². The number of methoxy groups -OCH3 is 1. The molecule has 0 aromatic heterocycles. The van der Waals surface area contributed by atoms with Gasteiger partial charge in [0.1, 0.15) is 0 Å². The molecule has 0 aliphatic rings. The van der Waals surface area contributed by atoms with Crippen LogP contribution in [0.5, 0.6) is 0 Å². The molecule has 0 radical (unpaired) electrons. The van der Waals surface area contributed by atoms with Crippen LogP contribution in [0.2, 0.25) is 0 Å². The van der Waals surface area contributed by atoms with Gasteiger partial charge in [0.2, 0.25) is 0 Å². The third-order valence-corrected chi connectivity index (χ3v) is 4.68. The van der Waals surface area contributed by atoms with Crippen LogP contribution in [0.25, 0.3) is 0 Å². The molecule has 0 bridgehead atoms. The maximum atomic E-state index is 6.16. The molecule has 1 rings (SSSR count). The van der Waals surface area contributed by atoms with Crippen LogP contribution < -0.4 is 0 Å². The first-order chi connectivity index (χ1) is 9.18. The molecular weight excluding hydrogens is 351 g/mol. The van der Waals surface area contributed by atoms with Crippen molar-refractivity contribution >= 4 is 39.1 Å². The number of hydrogen-bond donors (Lipinski definition) is 0. The van der Waals surface area contributed by atoms with Crippen LogP contribution in [0.3, 0.4) is 0 Å². The summed E-state index contributed by atoms with van der Waals surface area (Å²) in [5, 5.41) is 0. The van der Waals surface area contributed by atoms with Crippen molar-refractivity contribution in [2.45, 2.75) is 11.8 Å². The molecule has 1 aromatic rings. The molecule has 0 aliphatic heterocycles. The van der Waals surface area contributed by atoms with Crippen molar-refractivity contribution in [3.8, 4) is 0 Å². The van der Waals surface area contributed by atoms with E-state index in [4.69, 9.17) is 32.7 Å². The summed E-state index contributed by atoms with van der Waals surface area (Å²) in [6.45, 7) is 1.82. The third-order valence-electron chi connectivity index (χ3n) is 3.12. The fraction of sp³-hybridized carbons (Fsp3) is 0.571. The molecule has 0 unspecified atom stereocenters. The van der Waals surface area contributed by atoms with Crippen LogP contribution in [0.4, 0.5) is 0 Å². The summed E-state index contributed by atoms with van der Waals surface area (Å²) < 4.78 is 11.5. The van der Waals surface area contributed by atoms with E-state index in [1.165, 1.54) is 0 Å². The molecule has 5 heteroatoms. The van der Waals surface area contributed by atoms with Crippen molar-refractivity contribution in [2.24, 2.45) is 0 Å². The third kappa shape index (κ3) is 5.24. The van der Waals surface area contributed by atoms with Gasteiger partial charge in [-0.1, -0.05) is 28.1 Å². The van der Waals surface area contributed by atoms with Gasteiger partial charge in [-0.2, -0.15) is 0 Å². The lowest BCUT2D eigenvalue weighted by Gasteiger charge is -2.30. The number of hydrogen-bond acceptors (Lipinski definition) is 2. The molecule has 0 N–H and O–H groups in total. The molecule has 0 aliphatic carbocycles. The largest absolute Gasteiger partial charge is 0.382 e. The molecular formula is C14H19BrCl2O2. The highest BCUT2D eigenvalue weighted by Gasteiger charge is 2.30. The zero-order valence-corrected chi connectivity index (χ0v) is 14.1. The van der Waals surface area contributed by atoms with Crippen LogP contribution in [0.15, 0.2) is 28.7 Å². The molecule has 0 saturated heterocycles. The molecule has 19 heavy (non-hydrogen) atoms. The maximum absolute atomic E-state index is 6.16. The van der Waals surface area contributed by atoms with Crippen molar-refractivity contribution in [2.75, 3.05) is 38.7 Å². The van der Waals surface area contributed by atoms with Crippen molar-refractivity contribution in [1.29, 1.82) is 0 Å². The number of halogens is 3. The van der Waals surface area contributed by atoms with Gasteiger partial charge < -0.3 is 9.47 Å². The second kappa shape index (κ2) is 9.19. The summed E-state index contributed by atoms with van der Waals surface area (Å²) in [6.07, 6.45) is 0.797. The molecule has 108 valence electrons. The number of alkyl halides is 2. The minimum absolute atomic E-state index is 0.239. The first-order valence-corrected chi connectivity index (χ1v) is 7.99. The average molecular weight is 370 g/mol. The molecule has 2 nitrogen and oxygen atoms in total. The molecule has 0 spiro atoms. The lowest BCUT2D eigenvalue weighted by molar-refractivity contribution is 0.0632. The lowest BCUT2D eigenvalue weighted by atomic mass is 9.81. The molecule has 0 fully saturated rings. The molecule has 0 heterocycles. The predicted octanol–water partition coefficient (Wildman–Crippen LogP) is 4.22. The van der Waals surface area contributed by atoms with E-state index < -0.39 is 0 Å². The summed E-state index contributed by atoms with van der Waals surface area (Å²) in [5.41, 5.74) is 0.910. The fourth-order valence-electron chi connectivity index (χ4n) is 1.78. The zero-order chi connectivity index (χ0) is 14.1. The SMILES string of the molecule is COCCOCCC(CCl)(CCl)c1ccc(Br)cc1. The second-order valence-electron chi connectivity index (χ2n) is 4.41. The number of ether oxygens (including phenoxy) is 2. The topological polar surface area (TPSA) is 18.5 Å². The first kappa shape index (κ1) is 17.3. The van der Waals surface area contributed by atoms with Gasteiger partial charge in [0.25, 0.3) is 0 Å². The van der Waals surface area contributed by atoms with Crippen molar-refractivity contribution in [1.82, 2.24) is 0 Å². The van der Waals surface area contributed by atoms with Crippen LogP contribution in [0, 0.1) is 0 Å². The standard InChI is InChI=1S/C14H19BrCl2O2/c1-18-8-9-19-7-6-14(10-16,11-17)12-2-4-13(15)5-3-12/h2-5H,6-11H2,1H3. The highest BCUT2D eigenvalue weighted by Crippen LogP contribution is 2.32. The van der Waals surface area contributed by atoms with Gasteiger partial charge in [-0.05, 0) is 24.1 Å². The number of benzene rings is 1. The Balaban J connectivity index is 2.65. The van der Waals surface area contributed by atoms with E-state index in [9.17, 15) is 0 Å². The minimum atomic E-state index is -0.239. The fourth-order valence-corrected chi connectivity index (χ4v) is 2.91. The predicted molar refractivity (Wildman–Crippen MR) is 84.6 cm³/mol. The highest BCUT2D eigenvalue weighted by molar-refractivity contribution is 9.10. The second-order valence-corrected chi connectivity index (χ2v) is 5.86. The van der Waals surface area contributed by atoms with Crippen molar-refractivity contribution in [3.05, 3.63) is 34.3 Å². The van der Waals surface area contributed by atoms with Crippen LogP contribution in [-0.2, 0) is 14.9 Å². The van der Waals surface area contributed by atoms with Gasteiger partial charge in [0.05, 0.1) is 13.2 Å². The smallest absolute Gasteiger partial charge is 0.0700 e. The highest BCUT2D eigenvalue weighted by atomic mass is 79.9. The molecule has 0 saturated carbocycles. The summed E-state index contributed by atoms with van der Waals surface area (Å²) in [4.78, 5) is 0. The van der Waals surface area contributed by atoms with Crippen LogP contribution in [-0.4, -0.2) is 38.7 Å². The molecule has 1 aromatic carbocycles. The summed E-state index contributed by atoms with van der Waals surface area (Å²) in [7, 11) is 1.66. The van der Waals surface area contributed by atoms with Gasteiger partial charge in [-0.15, -0.1) is 23.2 Å². The van der Waals surface area contributed by atoms with E-state index in [0.717, 1.165) is 16.5 Å². The zero-order valence-electron chi connectivity index (χ0n) is 11.0. The summed E-state index contributed by atoms with van der Waals surface area (Å²) >= 11 is 15.8. The van der Waals surface area contributed by atoms with E-state index in [-0.39, 0.29) is 5.41 Å². The number of rotatable bonds is 9. The maximum Gasteiger partial charge on any atom is 0.0700 e. The Hall–Kier alpha value is 0.200. The molecule has 0 atom stereocenters.